The van der Waals surface area contributed by atoms with Crippen LogP contribution in [0.25, 0.3) is 0 Å². The standard InChI is InChI=1S/C13H17NO3S/c1-4-9-6-7-10(18-9)12-11(13(15)16-5-2)14-8(3)17-12/h6-7,11-12H,4-5H2,1-3H3. The highest BCUT2D eigenvalue weighted by Gasteiger charge is 2.38. The van der Waals surface area contributed by atoms with Crippen LogP contribution in [0.4, 0.5) is 0 Å². The van der Waals surface area contributed by atoms with E-state index in [1.54, 1.807) is 25.2 Å². The number of thiophene rings is 1. The van der Waals surface area contributed by atoms with E-state index < -0.39 is 6.04 Å². The number of carbonyl (C=O) groups excluding carboxylic acids is 1. The van der Waals surface area contributed by atoms with Crippen LogP contribution >= 0.6 is 11.3 Å². The van der Waals surface area contributed by atoms with Crippen LogP contribution in [0.15, 0.2) is 17.1 Å². The third-order valence-corrected chi connectivity index (χ3v) is 4.04. The van der Waals surface area contributed by atoms with Crippen molar-refractivity contribution in [2.45, 2.75) is 39.3 Å². The van der Waals surface area contributed by atoms with Crippen molar-refractivity contribution < 1.29 is 14.3 Å². The quantitative estimate of drug-likeness (QED) is 0.788. The number of ether oxygens (including phenoxy) is 2. The minimum Gasteiger partial charge on any atom is -0.469 e. The SMILES string of the molecule is CCOC(=O)C1N=C(C)OC1c1ccc(CC)s1. The number of aryl methyl sites for hydroxylation is 1. The van der Waals surface area contributed by atoms with E-state index in [0.29, 0.717) is 12.5 Å². The van der Waals surface area contributed by atoms with Gasteiger partial charge in [0, 0.05) is 16.7 Å². The van der Waals surface area contributed by atoms with Gasteiger partial charge in [0.05, 0.1) is 6.61 Å². The smallest absolute Gasteiger partial charge is 0.335 e. The highest BCUT2D eigenvalue weighted by atomic mass is 32.1. The summed E-state index contributed by atoms with van der Waals surface area (Å²) >= 11 is 1.67. The summed E-state index contributed by atoms with van der Waals surface area (Å²) in [4.78, 5) is 18.4. The maximum atomic E-state index is 11.8. The van der Waals surface area contributed by atoms with Gasteiger partial charge < -0.3 is 9.47 Å². The Kier molecular flexibility index (Phi) is 4.01. The predicted molar refractivity (Wildman–Crippen MR) is 71.1 cm³/mol. The summed E-state index contributed by atoms with van der Waals surface area (Å²) < 4.78 is 10.7. The van der Waals surface area contributed by atoms with Crippen LogP contribution in [0.3, 0.4) is 0 Å². The van der Waals surface area contributed by atoms with Crippen LogP contribution in [-0.4, -0.2) is 24.5 Å². The molecule has 2 heterocycles. The first-order valence-corrected chi connectivity index (χ1v) is 6.93. The topological polar surface area (TPSA) is 47.9 Å². The van der Waals surface area contributed by atoms with E-state index in [1.165, 1.54) is 4.88 Å². The van der Waals surface area contributed by atoms with Crippen LogP contribution in [0.5, 0.6) is 0 Å². The summed E-state index contributed by atoms with van der Waals surface area (Å²) in [5.41, 5.74) is 0. The van der Waals surface area contributed by atoms with Gasteiger partial charge in [-0.05, 0) is 25.5 Å². The average Bonchev–Trinajstić information content (AvgIpc) is 2.95. The molecule has 1 aromatic rings. The first-order chi connectivity index (χ1) is 8.65. The van der Waals surface area contributed by atoms with E-state index in [9.17, 15) is 4.79 Å². The number of hydrogen-bond acceptors (Lipinski definition) is 5. The molecule has 98 valence electrons. The lowest BCUT2D eigenvalue weighted by molar-refractivity contribution is -0.146. The van der Waals surface area contributed by atoms with Crippen LogP contribution < -0.4 is 0 Å². The summed E-state index contributed by atoms with van der Waals surface area (Å²) in [5.74, 6) is 0.232. The molecule has 0 saturated carbocycles. The molecule has 0 radical (unpaired) electrons. The molecule has 1 aromatic heterocycles. The van der Waals surface area contributed by atoms with Gasteiger partial charge in [-0.3, -0.25) is 0 Å². The minimum absolute atomic E-state index is 0.314. The largest absolute Gasteiger partial charge is 0.469 e. The summed E-state index contributed by atoms with van der Waals surface area (Å²) in [7, 11) is 0. The highest BCUT2D eigenvalue weighted by Crippen LogP contribution is 2.34. The molecule has 1 aliphatic rings. The molecule has 0 amide bonds. The molecule has 18 heavy (non-hydrogen) atoms. The molecular formula is C13H17NO3S. The molecule has 2 rings (SSSR count). The lowest BCUT2D eigenvalue weighted by atomic mass is 10.1. The molecule has 0 spiro atoms. The molecule has 1 aliphatic heterocycles. The molecule has 0 bridgehead atoms. The van der Waals surface area contributed by atoms with Crippen molar-refractivity contribution >= 4 is 23.2 Å². The number of aliphatic imine (C=N–C) groups is 1. The van der Waals surface area contributed by atoms with Gasteiger partial charge in [-0.1, -0.05) is 6.92 Å². The average molecular weight is 267 g/mol. The maximum Gasteiger partial charge on any atom is 0.335 e. The molecule has 2 unspecified atom stereocenters. The van der Waals surface area contributed by atoms with E-state index in [2.05, 4.69) is 18.0 Å². The van der Waals surface area contributed by atoms with Crippen molar-refractivity contribution in [2.24, 2.45) is 4.99 Å². The Hall–Kier alpha value is -1.36. The van der Waals surface area contributed by atoms with E-state index in [0.717, 1.165) is 11.3 Å². The third-order valence-electron chi connectivity index (χ3n) is 2.74. The van der Waals surface area contributed by atoms with Gasteiger partial charge in [0.2, 0.25) is 0 Å². The van der Waals surface area contributed by atoms with Crippen molar-refractivity contribution in [3.8, 4) is 0 Å². The van der Waals surface area contributed by atoms with Crippen LogP contribution in [0.2, 0.25) is 0 Å². The van der Waals surface area contributed by atoms with Crippen LogP contribution in [0.1, 0.15) is 36.6 Å². The van der Waals surface area contributed by atoms with Gasteiger partial charge in [0.15, 0.2) is 18.0 Å². The lowest BCUT2D eigenvalue weighted by Gasteiger charge is -2.14. The molecule has 0 aromatic carbocycles. The zero-order valence-electron chi connectivity index (χ0n) is 10.8. The number of rotatable bonds is 4. The molecule has 0 fully saturated rings. The fraction of sp³-hybridized carbons (Fsp3) is 0.538. The summed E-state index contributed by atoms with van der Waals surface area (Å²) in [5, 5.41) is 0. The Morgan fingerprint density at radius 2 is 2.28 bits per heavy atom. The van der Waals surface area contributed by atoms with Gasteiger partial charge >= 0.3 is 5.97 Å². The van der Waals surface area contributed by atoms with Crippen LogP contribution in [-0.2, 0) is 20.7 Å². The maximum absolute atomic E-state index is 11.8. The predicted octanol–water partition coefficient (Wildman–Crippen LogP) is 2.73. The van der Waals surface area contributed by atoms with Crippen molar-refractivity contribution in [3.05, 3.63) is 21.9 Å². The van der Waals surface area contributed by atoms with Gasteiger partial charge in [0.25, 0.3) is 0 Å². The number of carbonyl (C=O) groups is 1. The van der Waals surface area contributed by atoms with Gasteiger partial charge in [0.1, 0.15) is 0 Å². The third kappa shape index (κ3) is 2.56. The zero-order chi connectivity index (χ0) is 13.1. The fourth-order valence-corrected chi connectivity index (χ4v) is 2.91. The highest BCUT2D eigenvalue weighted by molar-refractivity contribution is 7.12. The van der Waals surface area contributed by atoms with Crippen molar-refractivity contribution in [1.29, 1.82) is 0 Å². The van der Waals surface area contributed by atoms with Gasteiger partial charge in [-0.25, -0.2) is 9.79 Å². The summed E-state index contributed by atoms with van der Waals surface area (Å²) in [6.45, 7) is 6.02. The van der Waals surface area contributed by atoms with E-state index in [-0.39, 0.29) is 12.1 Å². The second kappa shape index (κ2) is 5.52. The molecule has 0 saturated heterocycles. The number of esters is 1. The van der Waals surface area contributed by atoms with Gasteiger partial charge in [-0.2, -0.15) is 0 Å². The van der Waals surface area contributed by atoms with Crippen LogP contribution in [0, 0.1) is 0 Å². The Labute approximate surface area is 111 Å². The van der Waals surface area contributed by atoms with Gasteiger partial charge in [-0.15, -0.1) is 11.3 Å². The number of hydrogen-bond donors (Lipinski definition) is 0. The first-order valence-electron chi connectivity index (χ1n) is 6.12. The molecule has 4 nitrogen and oxygen atoms in total. The fourth-order valence-electron chi connectivity index (χ4n) is 1.90. The lowest BCUT2D eigenvalue weighted by Crippen LogP contribution is -2.25. The Morgan fingerprint density at radius 1 is 1.50 bits per heavy atom. The molecule has 0 N–H and O–H groups in total. The zero-order valence-corrected chi connectivity index (χ0v) is 11.6. The second-order valence-corrected chi connectivity index (χ2v) is 5.24. The van der Waals surface area contributed by atoms with E-state index >= 15 is 0 Å². The number of nitrogens with zero attached hydrogens (tertiary/aromatic N) is 1. The minimum atomic E-state index is -0.562. The molecular weight excluding hydrogens is 250 g/mol. The van der Waals surface area contributed by atoms with Crippen molar-refractivity contribution in [3.63, 3.8) is 0 Å². The molecule has 2 atom stereocenters. The normalized spacial score (nSPS) is 22.5. The van der Waals surface area contributed by atoms with Crippen molar-refractivity contribution in [1.82, 2.24) is 0 Å². The second-order valence-electron chi connectivity index (χ2n) is 4.04. The molecule has 0 aliphatic carbocycles. The summed E-state index contributed by atoms with van der Waals surface area (Å²) in [6, 6.07) is 3.52. The monoisotopic (exact) mass is 267 g/mol. The first kappa shape index (κ1) is 13.1. The Morgan fingerprint density at radius 3 is 2.89 bits per heavy atom. The van der Waals surface area contributed by atoms with E-state index in [4.69, 9.17) is 9.47 Å². The summed E-state index contributed by atoms with van der Waals surface area (Å²) in [6.07, 6.45) is 0.663. The Bertz CT molecular complexity index is 467. The molecule has 5 heteroatoms. The Balaban J connectivity index is 2.19. The van der Waals surface area contributed by atoms with Crippen molar-refractivity contribution in [2.75, 3.05) is 6.61 Å². The van der Waals surface area contributed by atoms with E-state index in [1.807, 2.05) is 6.07 Å².